The molecular formula is C6H10N2O4. The molecule has 6 heteroatoms. The summed E-state index contributed by atoms with van der Waals surface area (Å²) in [5.41, 5.74) is 2.02. The van der Waals surface area contributed by atoms with Crippen molar-refractivity contribution in [2.75, 3.05) is 14.2 Å². The Morgan fingerprint density at radius 2 is 1.83 bits per heavy atom. The molecule has 0 fully saturated rings. The summed E-state index contributed by atoms with van der Waals surface area (Å²) < 4.78 is 8.52. The Morgan fingerprint density at radius 1 is 1.25 bits per heavy atom. The van der Waals surface area contributed by atoms with E-state index in [1.807, 2.05) is 5.43 Å². The number of ether oxygens (including phenoxy) is 2. The second-order valence-corrected chi connectivity index (χ2v) is 1.79. The maximum absolute atomic E-state index is 10.7. The lowest BCUT2D eigenvalue weighted by Gasteiger charge is -1.98. The summed E-state index contributed by atoms with van der Waals surface area (Å²) in [5.74, 6) is -0.605. The van der Waals surface area contributed by atoms with Gasteiger partial charge in [-0.05, 0) is 6.92 Å². The monoisotopic (exact) mass is 174 g/mol. The second kappa shape index (κ2) is 5.11. The molecule has 0 atom stereocenters. The van der Waals surface area contributed by atoms with Crippen LogP contribution < -0.4 is 5.43 Å². The molecule has 0 unspecified atom stereocenters. The Morgan fingerprint density at radius 3 is 2.25 bits per heavy atom. The first-order valence-corrected chi connectivity index (χ1v) is 3.08. The van der Waals surface area contributed by atoms with Crippen LogP contribution in [-0.2, 0) is 14.3 Å². The average molecular weight is 174 g/mol. The third-order valence-electron chi connectivity index (χ3n) is 0.981. The third kappa shape index (κ3) is 3.55. The topological polar surface area (TPSA) is 77.0 Å². The summed E-state index contributed by atoms with van der Waals surface area (Å²) in [7, 11) is 2.41. The van der Waals surface area contributed by atoms with Crippen LogP contribution in [0.5, 0.6) is 0 Å². The van der Waals surface area contributed by atoms with Crippen molar-refractivity contribution < 1.29 is 19.1 Å². The molecule has 0 saturated carbocycles. The van der Waals surface area contributed by atoms with Crippen LogP contribution in [-0.4, -0.2) is 32.0 Å². The van der Waals surface area contributed by atoms with Crippen molar-refractivity contribution in [2.45, 2.75) is 6.92 Å². The van der Waals surface area contributed by atoms with E-state index in [1.54, 1.807) is 0 Å². The van der Waals surface area contributed by atoms with Gasteiger partial charge in [-0.3, -0.25) is 0 Å². The standard InChI is InChI=1S/C6H10N2O4/c1-4(5(9)11-2)7-8-6(10)12-3/h1-3H3,(H,8,10)/b7-4+. The maximum atomic E-state index is 10.7. The highest BCUT2D eigenvalue weighted by Crippen LogP contribution is 1.80. The van der Waals surface area contributed by atoms with Crippen LogP contribution in [0.25, 0.3) is 0 Å². The summed E-state index contributed by atoms with van der Waals surface area (Å²) >= 11 is 0. The first-order valence-electron chi connectivity index (χ1n) is 3.08. The van der Waals surface area contributed by atoms with Gasteiger partial charge in [-0.2, -0.15) is 5.10 Å². The lowest BCUT2D eigenvalue weighted by molar-refractivity contribution is -0.132. The van der Waals surface area contributed by atoms with Crippen LogP contribution >= 0.6 is 0 Å². The predicted octanol–water partition coefficient (Wildman–Crippen LogP) is -0.109. The van der Waals surface area contributed by atoms with Crippen LogP contribution in [0.3, 0.4) is 0 Å². The van der Waals surface area contributed by atoms with Gasteiger partial charge in [0.05, 0.1) is 14.2 Å². The third-order valence-corrected chi connectivity index (χ3v) is 0.981. The molecule has 0 saturated heterocycles. The molecule has 0 bridgehead atoms. The number of nitrogens with one attached hydrogen (secondary N) is 1. The van der Waals surface area contributed by atoms with Crippen molar-refractivity contribution in [3.63, 3.8) is 0 Å². The second-order valence-electron chi connectivity index (χ2n) is 1.79. The number of carbonyl (C=O) groups is 2. The van der Waals surface area contributed by atoms with E-state index in [4.69, 9.17) is 0 Å². The summed E-state index contributed by atoms with van der Waals surface area (Å²) in [4.78, 5) is 21.1. The van der Waals surface area contributed by atoms with Crippen LogP contribution in [0.4, 0.5) is 4.79 Å². The summed E-state index contributed by atoms with van der Waals surface area (Å²) in [6.07, 6.45) is -0.738. The smallest absolute Gasteiger partial charge is 0.427 e. The first kappa shape index (κ1) is 10.4. The molecule has 0 heterocycles. The fourth-order valence-electron chi connectivity index (χ4n) is 0.368. The molecule has 0 aliphatic carbocycles. The van der Waals surface area contributed by atoms with Crippen LogP contribution in [0.15, 0.2) is 5.10 Å². The molecule has 0 aromatic carbocycles. The highest BCUT2D eigenvalue weighted by Gasteiger charge is 2.05. The fraction of sp³-hybridized carbons (Fsp3) is 0.500. The van der Waals surface area contributed by atoms with E-state index in [1.165, 1.54) is 21.1 Å². The number of carbonyl (C=O) groups excluding carboxylic acids is 2. The van der Waals surface area contributed by atoms with Gasteiger partial charge < -0.3 is 9.47 Å². The average Bonchev–Trinajstić information content (AvgIpc) is 2.11. The van der Waals surface area contributed by atoms with Crippen molar-refractivity contribution >= 4 is 17.8 Å². The molecular weight excluding hydrogens is 164 g/mol. The maximum Gasteiger partial charge on any atom is 0.427 e. The van der Waals surface area contributed by atoms with Gasteiger partial charge in [0, 0.05) is 0 Å². The Bertz CT molecular complexity index is 212. The molecule has 0 rings (SSSR count). The fourth-order valence-corrected chi connectivity index (χ4v) is 0.368. The summed E-state index contributed by atoms with van der Waals surface area (Å²) in [5, 5.41) is 3.38. The predicted molar refractivity (Wildman–Crippen MR) is 40.7 cm³/mol. The molecule has 0 aliphatic rings. The van der Waals surface area contributed by atoms with Gasteiger partial charge >= 0.3 is 12.1 Å². The molecule has 6 nitrogen and oxygen atoms in total. The van der Waals surface area contributed by atoms with Crippen molar-refractivity contribution in [3.05, 3.63) is 0 Å². The molecule has 12 heavy (non-hydrogen) atoms. The minimum absolute atomic E-state index is 0.0444. The Balaban J connectivity index is 4.00. The van der Waals surface area contributed by atoms with E-state index < -0.39 is 12.1 Å². The van der Waals surface area contributed by atoms with E-state index in [0.717, 1.165) is 0 Å². The van der Waals surface area contributed by atoms with E-state index in [9.17, 15) is 9.59 Å². The Kier molecular flexibility index (Phi) is 4.43. The summed E-state index contributed by atoms with van der Waals surface area (Å²) in [6, 6.07) is 0. The van der Waals surface area contributed by atoms with Crippen molar-refractivity contribution in [1.82, 2.24) is 5.43 Å². The molecule has 0 radical (unpaired) electrons. The lowest BCUT2D eigenvalue weighted by atomic mass is 10.4. The van der Waals surface area contributed by atoms with E-state index in [0.29, 0.717) is 0 Å². The Labute approximate surface area is 69.5 Å². The number of esters is 1. The molecule has 1 amide bonds. The zero-order valence-corrected chi connectivity index (χ0v) is 7.08. The van der Waals surface area contributed by atoms with Crippen LogP contribution in [0.2, 0.25) is 0 Å². The minimum Gasteiger partial charge on any atom is -0.464 e. The minimum atomic E-state index is -0.738. The van der Waals surface area contributed by atoms with Crippen LogP contribution in [0, 0.1) is 0 Å². The van der Waals surface area contributed by atoms with E-state index in [-0.39, 0.29) is 5.71 Å². The van der Waals surface area contributed by atoms with Crippen molar-refractivity contribution in [2.24, 2.45) is 5.10 Å². The molecule has 0 aromatic rings. The molecule has 0 aliphatic heterocycles. The van der Waals surface area contributed by atoms with Gasteiger partial charge in [0.15, 0.2) is 0 Å². The number of amides is 1. The SMILES string of the molecule is COC(=O)N/N=C(\C)C(=O)OC. The number of hydrazone groups is 1. The number of rotatable bonds is 2. The van der Waals surface area contributed by atoms with Gasteiger partial charge in [-0.1, -0.05) is 0 Å². The van der Waals surface area contributed by atoms with Gasteiger partial charge in [-0.25, -0.2) is 15.0 Å². The van der Waals surface area contributed by atoms with E-state index >= 15 is 0 Å². The quantitative estimate of drug-likeness (QED) is 0.360. The van der Waals surface area contributed by atoms with Crippen molar-refractivity contribution in [1.29, 1.82) is 0 Å². The zero-order valence-electron chi connectivity index (χ0n) is 7.08. The Hall–Kier alpha value is -1.59. The van der Waals surface area contributed by atoms with Crippen LogP contribution in [0.1, 0.15) is 6.92 Å². The lowest BCUT2D eigenvalue weighted by Crippen LogP contribution is -2.22. The highest BCUT2D eigenvalue weighted by molar-refractivity contribution is 6.35. The molecule has 0 aromatic heterocycles. The van der Waals surface area contributed by atoms with Crippen molar-refractivity contribution in [3.8, 4) is 0 Å². The molecule has 1 N–H and O–H groups in total. The number of hydrogen-bond donors (Lipinski definition) is 1. The summed E-state index contributed by atoms with van der Waals surface area (Å²) in [6.45, 7) is 1.40. The number of methoxy groups -OCH3 is 2. The van der Waals surface area contributed by atoms with E-state index in [2.05, 4.69) is 14.6 Å². The molecule has 0 spiro atoms. The number of nitrogens with zero attached hydrogens (tertiary/aromatic N) is 1. The zero-order chi connectivity index (χ0) is 9.56. The highest BCUT2D eigenvalue weighted by atomic mass is 16.5. The first-order chi connectivity index (χ1) is 5.61. The van der Waals surface area contributed by atoms with Gasteiger partial charge in [0.2, 0.25) is 0 Å². The normalized spacial score (nSPS) is 10.4. The number of hydrogen-bond acceptors (Lipinski definition) is 5. The van der Waals surface area contributed by atoms with Gasteiger partial charge in [-0.15, -0.1) is 0 Å². The molecule has 68 valence electrons. The largest absolute Gasteiger partial charge is 0.464 e. The van der Waals surface area contributed by atoms with Gasteiger partial charge in [0.1, 0.15) is 5.71 Å². The van der Waals surface area contributed by atoms with Gasteiger partial charge in [0.25, 0.3) is 0 Å².